The number of ether oxygens (including phenoxy) is 1. The molecule has 0 atom stereocenters. The topological polar surface area (TPSA) is 66.8 Å². The van der Waals surface area contributed by atoms with Gasteiger partial charge in [0, 0.05) is 6.42 Å². The van der Waals surface area contributed by atoms with E-state index in [1.807, 2.05) is 0 Å². The summed E-state index contributed by atoms with van der Waals surface area (Å²) in [6.45, 7) is 1.65. The average Bonchev–Trinajstić information content (AvgIpc) is 2.78. The summed E-state index contributed by atoms with van der Waals surface area (Å²) in [5.74, 6) is -0.314. The minimum atomic E-state index is -0.762. The van der Waals surface area contributed by atoms with E-state index in [1.54, 1.807) is 0 Å². The van der Waals surface area contributed by atoms with Crippen LogP contribution in [0.1, 0.15) is 148 Å². The normalized spacial score (nSPS) is 11.4. The summed E-state index contributed by atoms with van der Waals surface area (Å²) in [6, 6.07) is 0. The third kappa shape index (κ3) is 23.9. The van der Waals surface area contributed by atoms with E-state index in [1.165, 1.54) is 122 Å². The first-order chi connectivity index (χ1) is 15.2. The Morgan fingerprint density at radius 2 is 0.839 bits per heavy atom. The number of hydrogen-bond acceptors (Lipinski definition) is 4. The first kappa shape index (κ1) is 30.4. The van der Waals surface area contributed by atoms with E-state index in [0.29, 0.717) is 6.42 Å². The lowest BCUT2D eigenvalue weighted by Crippen LogP contribution is -2.25. The summed E-state index contributed by atoms with van der Waals surface area (Å²) >= 11 is 0. The highest BCUT2D eigenvalue weighted by Crippen LogP contribution is 2.15. The molecule has 2 N–H and O–H groups in total. The smallest absolute Gasteiger partial charge is 0.306 e. The van der Waals surface area contributed by atoms with Gasteiger partial charge in [-0.1, -0.05) is 135 Å². The van der Waals surface area contributed by atoms with Crippen LogP contribution >= 0.6 is 0 Å². The van der Waals surface area contributed by atoms with Gasteiger partial charge in [-0.2, -0.15) is 0 Å². The molecule has 4 nitrogen and oxygen atoms in total. The molecule has 0 aliphatic heterocycles. The van der Waals surface area contributed by atoms with Gasteiger partial charge in [0.25, 0.3) is 0 Å². The van der Waals surface area contributed by atoms with Crippen molar-refractivity contribution in [1.29, 1.82) is 0 Å². The van der Waals surface area contributed by atoms with Crippen LogP contribution in [0.2, 0.25) is 0 Å². The van der Waals surface area contributed by atoms with Gasteiger partial charge in [0.1, 0.15) is 6.10 Å². The molecule has 0 aliphatic rings. The van der Waals surface area contributed by atoms with Gasteiger partial charge in [-0.25, -0.2) is 0 Å². The van der Waals surface area contributed by atoms with E-state index >= 15 is 0 Å². The average molecular weight is 443 g/mol. The summed E-state index contributed by atoms with van der Waals surface area (Å²) < 4.78 is 4.95. The number of carbonyl (C=O) groups excluding carboxylic acids is 1. The fourth-order valence-electron chi connectivity index (χ4n) is 4.08. The first-order valence-corrected chi connectivity index (χ1v) is 13.7. The molecule has 0 bridgehead atoms. The van der Waals surface area contributed by atoms with Gasteiger partial charge in [-0.3, -0.25) is 4.79 Å². The number of hydrogen-bond donors (Lipinski definition) is 2. The Bertz CT molecular complexity index is 355. The molecule has 0 radical (unpaired) electrons. The number of aliphatic hydroxyl groups is 2. The van der Waals surface area contributed by atoms with E-state index in [9.17, 15) is 4.79 Å². The number of esters is 1. The summed E-state index contributed by atoms with van der Waals surface area (Å²) in [4.78, 5) is 11.5. The lowest BCUT2D eigenvalue weighted by atomic mass is 10.0. The Morgan fingerprint density at radius 3 is 1.13 bits per heavy atom. The quantitative estimate of drug-likeness (QED) is 0.114. The zero-order chi connectivity index (χ0) is 22.8. The fourth-order valence-corrected chi connectivity index (χ4v) is 4.08. The van der Waals surface area contributed by atoms with E-state index in [4.69, 9.17) is 14.9 Å². The van der Waals surface area contributed by atoms with Gasteiger partial charge >= 0.3 is 5.97 Å². The zero-order valence-electron chi connectivity index (χ0n) is 20.8. The van der Waals surface area contributed by atoms with Gasteiger partial charge in [-0.15, -0.1) is 0 Å². The highest BCUT2D eigenvalue weighted by molar-refractivity contribution is 5.69. The molecule has 0 aromatic rings. The van der Waals surface area contributed by atoms with Crippen molar-refractivity contribution in [2.45, 2.75) is 154 Å². The Balaban J connectivity index is 3.13. The predicted octanol–water partition coefficient (Wildman–Crippen LogP) is 7.48. The maximum atomic E-state index is 11.5. The lowest BCUT2D eigenvalue weighted by molar-refractivity contribution is -0.153. The number of rotatable bonds is 25. The second-order valence-corrected chi connectivity index (χ2v) is 9.30. The highest BCUT2D eigenvalue weighted by atomic mass is 16.6. The SMILES string of the molecule is CCCCCCCCCCCCCCCCCCCCCCCC(=O)OC(CO)CO. The third-order valence-electron chi connectivity index (χ3n) is 6.19. The minimum Gasteiger partial charge on any atom is -0.457 e. The van der Waals surface area contributed by atoms with E-state index in [-0.39, 0.29) is 19.2 Å². The standard InChI is InChI=1S/C27H54O4/c1-2-3-4-5-6-7-8-9-10-11-12-13-14-15-16-17-18-19-20-21-22-23-27(30)31-26(24-28)25-29/h26,28-29H,2-25H2,1H3. The van der Waals surface area contributed by atoms with Crippen molar-refractivity contribution in [2.24, 2.45) is 0 Å². The van der Waals surface area contributed by atoms with E-state index < -0.39 is 6.10 Å². The van der Waals surface area contributed by atoms with Crippen molar-refractivity contribution in [3.05, 3.63) is 0 Å². The van der Waals surface area contributed by atoms with Gasteiger partial charge in [0.05, 0.1) is 13.2 Å². The van der Waals surface area contributed by atoms with Crippen LogP contribution in [-0.2, 0) is 9.53 Å². The highest BCUT2D eigenvalue weighted by Gasteiger charge is 2.11. The van der Waals surface area contributed by atoms with Crippen LogP contribution in [0.15, 0.2) is 0 Å². The Kier molecular flexibility index (Phi) is 25.1. The van der Waals surface area contributed by atoms with Crippen LogP contribution in [0, 0.1) is 0 Å². The maximum Gasteiger partial charge on any atom is 0.306 e. The second-order valence-electron chi connectivity index (χ2n) is 9.30. The van der Waals surface area contributed by atoms with Crippen LogP contribution in [0.3, 0.4) is 0 Å². The molecule has 0 unspecified atom stereocenters. The van der Waals surface area contributed by atoms with E-state index in [0.717, 1.165) is 12.8 Å². The van der Waals surface area contributed by atoms with Gasteiger partial charge in [-0.05, 0) is 6.42 Å². The zero-order valence-corrected chi connectivity index (χ0v) is 20.8. The molecule has 31 heavy (non-hydrogen) atoms. The van der Waals surface area contributed by atoms with Crippen molar-refractivity contribution in [3.63, 3.8) is 0 Å². The molecular formula is C27H54O4. The molecule has 0 saturated heterocycles. The van der Waals surface area contributed by atoms with Crippen LogP contribution in [0.5, 0.6) is 0 Å². The largest absolute Gasteiger partial charge is 0.457 e. The van der Waals surface area contributed by atoms with Crippen molar-refractivity contribution in [1.82, 2.24) is 0 Å². The second kappa shape index (κ2) is 25.6. The van der Waals surface area contributed by atoms with Crippen molar-refractivity contribution >= 4 is 5.97 Å². The van der Waals surface area contributed by atoms with Gasteiger partial charge in [0.2, 0.25) is 0 Å². The van der Waals surface area contributed by atoms with Crippen molar-refractivity contribution < 1.29 is 19.7 Å². The van der Waals surface area contributed by atoms with Crippen LogP contribution in [0.4, 0.5) is 0 Å². The molecule has 186 valence electrons. The minimum absolute atomic E-state index is 0.314. The molecule has 0 aromatic carbocycles. The van der Waals surface area contributed by atoms with E-state index in [2.05, 4.69) is 6.92 Å². The van der Waals surface area contributed by atoms with Crippen LogP contribution < -0.4 is 0 Å². The Hall–Kier alpha value is -0.610. The first-order valence-electron chi connectivity index (χ1n) is 13.7. The molecule has 0 saturated carbocycles. The fraction of sp³-hybridized carbons (Fsp3) is 0.963. The van der Waals surface area contributed by atoms with Crippen molar-refractivity contribution in [2.75, 3.05) is 13.2 Å². The molecule has 0 amide bonds. The number of unbranched alkanes of at least 4 members (excludes halogenated alkanes) is 20. The summed E-state index contributed by atoms with van der Waals surface area (Å²) in [7, 11) is 0. The summed E-state index contributed by atoms with van der Waals surface area (Å²) in [5, 5.41) is 17.8. The summed E-state index contributed by atoms with van der Waals surface area (Å²) in [5.41, 5.74) is 0. The molecule has 0 heterocycles. The monoisotopic (exact) mass is 442 g/mol. The molecule has 0 spiro atoms. The van der Waals surface area contributed by atoms with Gasteiger partial charge in [0.15, 0.2) is 0 Å². The molecule has 0 rings (SSSR count). The number of aliphatic hydroxyl groups excluding tert-OH is 2. The van der Waals surface area contributed by atoms with Crippen LogP contribution in [0.25, 0.3) is 0 Å². The lowest BCUT2D eigenvalue weighted by Gasteiger charge is -2.12. The number of carbonyl (C=O) groups is 1. The maximum absolute atomic E-state index is 11.5. The molecule has 0 aromatic heterocycles. The third-order valence-corrected chi connectivity index (χ3v) is 6.19. The molecule has 4 heteroatoms. The van der Waals surface area contributed by atoms with Gasteiger partial charge < -0.3 is 14.9 Å². The van der Waals surface area contributed by atoms with Crippen molar-refractivity contribution in [3.8, 4) is 0 Å². The molecular weight excluding hydrogens is 388 g/mol. The van der Waals surface area contributed by atoms with Crippen LogP contribution in [-0.4, -0.2) is 35.5 Å². The molecule has 0 aliphatic carbocycles. The molecule has 0 fully saturated rings. The Morgan fingerprint density at radius 1 is 0.548 bits per heavy atom. The summed E-state index contributed by atoms with van der Waals surface area (Å²) in [6.07, 6.45) is 27.9. The Labute approximate surface area is 193 Å². The predicted molar refractivity (Wildman–Crippen MR) is 131 cm³/mol.